The summed E-state index contributed by atoms with van der Waals surface area (Å²) in [6.45, 7) is 7.27. The summed E-state index contributed by atoms with van der Waals surface area (Å²) in [7, 11) is 0. The summed E-state index contributed by atoms with van der Waals surface area (Å²) < 4.78 is 3.23. The van der Waals surface area contributed by atoms with Gasteiger partial charge in [0.05, 0.1) is 10.9 Å². The molecule has 3 aromatic heterocycles. The maximum Gasteiger partial charge on any atom is 0.267 e. The monoisotopic (exact) mass is 423 g/mol. The Morgan fingerprint density at radius 2 is 1.84 bits per heavy atom. The molecule has 0 aliphatic heterocycles. The molecule has 0 radical (unpaired) electrons. The third-order valence-electron chi connectivity index (χ3n) is 5.68. The molecule has 0 atom stereocenters. The Balaban J connectivity index is 2.04. The smallest absolute Gasteiger partial charge is 0.267 e. The van der Waals surface area contributed by atoms with Crippen LogP contribution in [0.4, 0.5) is 0 Å². The van der Waals surface area contributed by atoms with Gasteiger partial charge < -0.3 is 9.88 Å². The number of aromatic nitrogens is 3. The van der Waals surface area contributed by atoms with Crippen LogP contribution in [0, 0.1) is 12.3 Å². The molecule has 0 bridgehead atoms. The van der Waals surface area contributed by atoms with Crippen molar-refractivity contribution >= 4 is 22.6 Å². The number of amides is 1. The van der Waals surface area contributed by atoms with Gasteiger partial charge in [0.1, 0.15) is 16.8 Å². The average Bonchev–Trinajstić information content (AvgIpc) is 2.76. The highest BCUT2D eigenvalue weighted by Crippen LogP contribution is 2.13. The van der Waals surface area contributed by atoms with Gasteiger partial charge >= 0.3 is 0 Å². The van der Waals surface area contributed by atoms with E-state index in [0.29, 0.717) is 29.8 Å². The summed E-state index contributed by atoms with van der Waals surface area (Å²) in [6, 6.07) is 5.26. The van der Waals surface area contributed by atoms with Crippen LogP contribution in [-0.2, 0) is 6.54 Å². The Hall–Kier alpha value is -2.96. The van der Waals surface area contributed by atoms with Crippen molar-refractivity contribution in [2.24, 2.45) is 0 Å². The topological polar surface area (TPSA) is 92.2 Å². The van der Waals surface area contributed by atoms with Crippen LogP contribution in [0.15, 0.2) is 29.2 Å². The van der Waals surface area contributed by atoms with Crippen molar-refractivity contribution in [1.29, 1.82) is 5.41 Å². The number of nitrogens with one attached hydrogen (secondary N) is 2. The van der Waals surface area contributed by atoms with Crippen LogP contribution in [0.3, 0.4) is 0 Å². The Labute approximate surface area is 182 Å². The SMILES string of the molecule is CCCCCCCNC(=O)c1cc2c(=O)n3cccc(C)c3nc2n(CCCC)c1=N. The van der Waals surface area contributed by atoms with E-state index in [1.165, 1.54) is 23.3 Å². The highest BCUT2D eigenvalue weighted by Gasteiger charge is 2.17. The second-order valence-corrected chi connectivity index (χ2v) is 8.12. The number of carbonyl (C=O) groups is 1. The predicted molar refractivity (Wildman–Crippen MR) is 124 cm³/mol. The Morgan fingerprint density at radius 1 is 1.10 bits per heavy atom. The van der Waals surface area contributed by atoms with Crippen LogP contribution in [0.25, 0.3) is 16.7 Å². The molecule has 3 aromatic rings. The zero-order valence-corrected chi connectivity index (χ0v) is 18.8. The van der Waals surface area contributed by atoms with Gasteiger partial charge in [-0.15, -0.1) is 0 Å². The second kappa shape index (κ2) is 10.4. The van der Waals surface area contributed by atoms with E-state index in [2.05, 4.69) is 19.2 Å². The largest absolute Gasteiger partial charge is 0.352 e. The Kier molecular flexibility index (Phi) is 7.60. The molecule has 7 heteroatoms. The quantitative estimate of drug-likeness (QED) is 0.382. The summed E-state index contributed by atoms with van der Waals surface area (Å²) in [5.41, 5.74) is 2.04. The molecular formula is C24H33N5O2. The molecular weight excluding hydrogens is 390 g/mol. The molecule has 3 rings (SSSR count). The first kappa shape index (κ1) is 22.7. The van der Waals surface area contributed by atoms with E-state index in [4.69, 9.17) is 10.4 Å². The minimum Gasteiger partial charge on any atom is -0.352 e. The van der Waals surface area contributed by atoms with Crippen LogP contribution in [0.2, 0.25) is 0 Å². The molecule has 0 unspecified atom stereocenters. The molecule has 0 fully saturated rings. The number of unbranched alkanes of at least 4 members (excludes halogenated alkanes) is 5. The standard InChI is InChI=1S/C24H33N5O2/c1-4-6-8-9-10-13-26-23(30)18-16-19-22(28(20(18)25)14-7-5-2)27-21-17(3)12-11-15-29(21)24(19)31/h11-12,15-16,25H,4-10,13-14H2,1-3H3,(H,26,30). The highest BCUT2D eigenvalue weighted by atomic mass is 16.1. The van der Waals surface area contributed by atoms with Gasteiger partial charge in [-0.2, -0.15) is 0 Å². The van der Waals surface area contributed by atoms with Gasteiger partial charge in [0, 0.05) is 19.3 Å². The van der Waals surface area contributed by atoms with E-state index in [1.807, 2.05) is 19.1 Å². The van der Waals surface area contributed by atoms with Crippen molar-refractivity contribution in [2.45, 2.75) is 72.3 Å². The van der Waals surface area contributed by atoms with Crippen LogP contribution < -0.4 is 16.4 Å². The number of hydrogen-bond donors (Lipinski definition) is 2. The lowest BCUT2D eigenvalue weighted by atomic mass is 10.1. The maximum atomic E-state index is 13.2. The van der Waals surface area contributed by atoms with E-state index in [0.717, 1.165) is 37.7 Å². The zero-order valence-electron chi connectivity index (χ0n) is 18.8. The maximum absolute atomic E-state index is 13.2. The van der Waals surface area contributed by atoms with Crippen molar-refractivity contribution in [2.75, 3.05) is 6.54 Å². The number of hydrogen-bond acceptors (Lipinski definition) is 4. The van der Waals surface area contributed by atoms with Crippen LogP contribution >= 0.6 is 0 Å². The lowest BCUT2D eigenvalue weighted by Crippen LogP contribution is -2.35. The summed E-state index contributed by atoms with van der Waals surface area (Å²) in [5, 5.41) is 12.0. The summed E-state index contributed by atoms with van der Waals surface area (Å²) in [5.74, 6) is -0.304. The molecule has 31 heavy (non-hydrogen) atoms. The van der Waals surface area contributed by atoms with Gasteiger partial charge in [0.15, 0.2) is 0 Å². The fourth-order valence-electron chi connectivity index (χ4n) is 3.83. The third kappa shape index (κ3) is 4.86. The normalized spacial score (nSPS) is 11.3. The number of pyridine rings is 2. The molecule has 0 saturated heterocycles. The van der Waals surface area contributed by atoms with Gasteiger partial charge in [-0.05, 0) is 37.5 Å². The van der Waals surface area contributed by atoms with Crippen molar-refractivity contribution in [3.8, 4) is 0 Å². The van der Waals surface area contributed by atoms with E-state index >= 15 is 0 Å². The predicted octanol–water partition coefficient (Wildman–Crippen LogP) is 3.94. The fourth-order valence-corrected chi connectivity index (χ4v) is 3.83. The van der Waals surface area contributed by atoms with Crippen LogP contribution in [-0.4, -0.2) is 26.4 Å². The van der Waals surface area contributed by atoms with Crippen molar-refractivity contribution in [1.82, 2.24) is 19.3 Å². The van der Waals surface area contributed by atoms with Gasteiger partial charge in [-0.25, -0.2) is 4.98 Å². The van der Waals surface area contributed by atoms with E-state index in [1.54, 1.807) is 10.8 Å². The van der Waals surface area contributed by atoms with Gasteiger partial charge in [-0.3, -0.25) is 19.4 Å². The molecule has 0 spiro atoms. The number of carbonyl (C=O) groups excluding carboxylic acids is 1. The van der Waals surface area contributed by atoms with E-state index < -0.39 is 0 Å². The first-order valence-electron chi connectivity index (χ1n) is 11.4. The molecule has 7 nitrogen and oxygen atoms in total. The first-order valence-corrected chi connectivity index (χ1v) is 11.4. The van der Waals surface area contributed by atoms with E-state index in [9.17, 15) is 9.59 Å². The molecule has 0 aromatic carbocycles. The van der Waals surface area contributed by atoms with Crippen molar-refractivity contribution in [3.05, 3.63) is 51.4 Å². The summed E-state index contributed by atoms with van der Waals surface area (Å²) in [4.78, 5) is 30.8. The number of fused-ring (bicyclic) bond motifs is 2. The van der Waals surface area contributed by atoms with Crippen molar-refractivity contribution < 1.29 is 4.79 Å². The molecule has 0 aliphatic rings. The van der Waals surface area contributed by atoms with E-state index in [-0.39, 0.29) is 22.5 Å². The van der Waals surface area contributed by atoms with Gasteiger partial charge in [-0.1, -0.05) is 52.0 Å². The Morgan fingerprint density at radius 3 is 2.58 bits per heavy atom. The summed E-state index contributed by atoms with van der Waals surface area (Å²) in [6.07, 6.45) is 9.01. The highest BCUT2D eigenvalue weighted by molar-refractivity contribution is 5.96. The molecule has 166 valence electrons. The van der Waals surface area contributed by atoms with Crippen molar-refractivity contribution in [3.63, 3.8) is 0 Å². The fraction of sp³-hybridized carbons (Fsp3) is 0.500. The third-order valence-corrected chi connectivity index (χ3v) is 5.68. The summed E-state index contributed by atoms with van der Waals surface area (Å²) >= 11 is 0. The molecule has 0 aliphatic carbocycles. The van der Waals surface area contributed by atoms with Gasteiger partial charge in [0.25, 0.3) is 11.5 Å². The zero-order chi connectivity index (χ0) is 22.4. The second-order valence-electron chi connectivity index (χ2n) is 8.12. The molecule has 0 saturated carbocycles. The molecule has 3 heterocycles. The van der Waals surface area contributed by atoms with Crippen LogP contribution in [0.1, 0.15) is 74.7 Å². The average molecular weight is 424 g/mol. The van der Waals surface area contributed by atoms with Crippen LogP contribution in [0.5, 0.6) is 0 Å². The Bertz CT molecular complexity index is 1190. The minimum atomic E-state index is -0.304. The first-order chi connectivity index (χ1) is 15.0. The number of nitrogens with zero attached hydrogens (tertiary/aromatic N) is 3. The number of rotatable bonds is 10. The van der Waals surface area contributed by atoms with Gasteiger partial charge in [0.2, 0.25) is 0 Å². The minimum absolute atomic E-state index is 0.106. The lowest BCUT2D eigenvalue weighted by molar-refractivity contribution is 0.0950. The number of aryl methyl sites for hydroxylation is 2. The molecule has 2 N–H and O–H groups in total. The lowest BCUT2D eigenvalue weighted by Gasteiger charge is -2.15. The molecule has 1 amide bonds.